The molecular weight excluding hydrogens is 441 g/mol. The van der Waals surface area contributed by atoms with E-state index in [1.165, 1.54) is 12.1 Å². The number of fused-ring (bicyclic) bond motifs is 2. The van der Waals surface area contributed by atoms with Gasteiger partial charge in [-0.3, -0.25) is 4.68 Å². The lowest BCUT2D eigenvalue weighted by atomic mass is 10.1. The van der Waals surface area contributed by atoms with E-state index in [9.17, 15) is 13.2 Å². The van der Waals surface area contributed by atoms with Crippen LogP contribution in [-0.2, 0) is 24.1 Å². The number of ether oxygens (including phenoxy) is 3. The van der Waals surface area contributed by atoms with Crippen LogP contribution in [0.5, 0.6) is 11.5 Å². The third-order valence-corrected chi connectivity index (χ3v) is 5.50. The molecule has 0 bridgehead atoms. The lowest BCUT2D eigenvalue weighted by molar-refractivity contribution is -0.137. The van der Waals surface area contributed by atoms with Gasteiger partial charge in [0.25, 0.3) is 5.89 Å². The smallest absolute Gasteiger partial charge is 0.416 e. The summed E-state index contributed by atoms with van der Waals surface area (Å²) in [6.45, 7) is 0.980. The number of hydrogen-bond donors (Lipinski definition) is 0. The Balaban J connectivity index is 1.24. The molecule has 2 aromatic heterocycles. The summed E-state index contributed by atoms with van der Waals surface area (Å²) >= 11 is 0. The van der Waals surface area contributed by atoms with Gasteiger partial charge in [0, 0.05) is 5.56 Å². The third kappa shape index (κ3) is 3.59. The van der Waals surface area contributed by atoms with Gasteiger partial charge in [-0.1, -0.05) is 23.4 Å². The fourth-order valence-corrected chi connectivity index (χ4v) is 3.82. The van der Waals surface area contributed by atoms with E-state index in [0.29, 0.717) is 30.3 Å². The van der Waals surface area contributed by atoms with Crippen molar-refractivity contribution < 1.29 is 31.9 Å². The second-order valence-electron chi connectivity index (χ2n) is 7.62. The molecule has 11 heteroatoms. The van der Waals surface area contributed by atoms with Gasteiger partial charge in [-0.05, 0) is 35.9 Å². The summed E-state index contributed by atoms with van der Waals surface area (Å²) in [7, 11) is 0. The van der Waals surface area contributed by atoms with Crippen LogP contribution < -0.4 is 9.47 Å². The maximum atomic E-state index is 13.0. The lowest BCUT2D eigenvalue weighted by Gasteiger charge is -2.24. The molecule has 0 amide bonds. The van der Waals surface area contributed by atoms with Crippen LogP contribution in [0.15, 0.2) is 53.1 Å². The highest BCUT2D eigenvalue weighted by Gasteiger charge is 2.31. The van der Waals surface area contributed by atoms with Crippen LogP contribution in [0.1, 0.15) is 22.9 Å². The van der Waals surface area contributed by atoms with Crippen molar-refractivity contribution in [1.82, 2.24) is 19.9 Å². The fourth-order valence-electron chi connectivity index (χ4n) is 3.82. The summed E-state index contributed by atoms with van der Waals surface area (Å²) in [5.41, 5.74) is 1.60. The van der Waals surface area contributed by atoms with E-state index in [0.717, 1.165) is 23.4 Å². The van der Waals surface area contributed by atoms with Crippen molar-refractivity contribution in [1.29, 1.82) is 0 Å². The molecule has 0 unspecified atom stereocenters. The van der Waals surface area contributed by atoms with Crippen molar-refractivity contribution in [2.75, 3.05) is 6.79 Å². The van der Waals surface area contributed by atoms with Gasteiger partial charge >= 0.3 is 6.18 Å². The minimum atomic E-state index is -4.46. The number of hydrogen-bond acceptors (Lipinski definition) is 7. The molecule has 0 aliphatic carbocycles. The quantitative estimate of drug-likeness (QED) is 0.445. The van der Waals surface area contributed by atoms with E-state index >= 15 is 0 Å². The first-order chi connectivity index (χ1) is 15.9. The molecule has 0 spiro atoms. The Morgan fingerprint density at radius 1 is 1.00 bits per heavy atom. The van der Waals surface area contributed by atoms with Gasteiger partial charge < -0.3 is 18.7 Å². The van der Waals surface area contributed by atoms with Crippen molar-refractivity contribution in [2.45, 2.75) is 25.4 Å². The van der Waals surface area contributed by atoms with Crippen LogP contribution in [0.3, 0.4) is 0 Å². The Bertz CT molecular complexity index is 1350. The van der Waals surface area contributed by atoms with E-state index in [4.69, 9.17) is 18.7 Å². The van der Waals surface area contributed by atoms with Crippen LogP contribution >= 0.6 is 0 Å². The number of benzene rings is 2. The number of rotatable bonds is 3. The number of nitrogens with zero attached hydrogens (tertiary/aromatic N) is 4. The van der Waals surface area contributed by atoms with E-state index in [1.807, 2.05) is 18.2 Å². The van der Waals surface area contributed by atoms with E-state index in [2.05, 4.69) is 15.2 Å². The Kier molecular flexibility index (Phi) is 4.40. The second kappa shape index (κ2) is 7.34. The third-order valence-electron chi connectivity index (χ3n) is 5.50. The summed E-state index contributed by atoms with van der Waals surface area (Å²) < 4.78 is 62.9. The van der Waals surface area contributed by atoms with E-state index in [1.54, 1.807) is 10.7 Å². The summed E-state index contributed by atoms with van der Waals surface area (Å²) in [5.74, 6) is 1.54. The molecule has 0 radical (unpaired) electrons. The van der Waals surface area contributed by atoms with Crippen LogP contribution in [-0.4, -0.2) is 26.7 Å². The zero-order valence-electron chi connectivity index (χ0n) is 16.9. The normalized spacial score (nSPS) is 17.2. The number of aromatic nitrogens is 4. The molecule has 33 heavy (non-hydrogen) atoms. The molecule has 168 valence electrons. The standard InChI is InChI=1S/C22H15F3N4O4/c23-22(24,25)14-3-1-2-13(6-14)20-26-21(33-28-20)16-8-15-10-30-19(9-29(15)27-16)12-4-5-17-18(7-12)32-11-31-17/h1-8,19H,9-11H2/t19-/m1/s1. The molecule has 2 aromatic carbocycles. The molecule has 4 heterocycles. The monoisotopic (exact) mass is 456 g/mol. The predicted octanol–water partition coefficient (Wildman–Crippen LogP) is 4.62. The van der Waals surface area contributed by atoms with Crippen molar-refractivity contribution in [2.24, 2.45) is 0 Å². The van der Waals surface area contributed by atoms with Gasteiger partial charge in [0.1, 0.15) is 6.10 Å². The molecular formula is C22H15F3N4O4. The minimum Gasteiger partial charge on any atom is -0.454 e. The minimum absolute atomic E-state index is 0.0524. The molecule has 6 rings (SSSR count). The zero-order chi connectivity index (χ0) is 22.6. The van der Waals surface area contributed by atoms with Gasteiger partial charge in [0.2, 0.25) is 12.6 Å². The van der Waals surface area contributed by atoms with Crippen molar-refractivity contribution >= 4 is 0 Å². The first-order valence-corrected chi connectivity index (χ1v) is 10.0. The molecule has 4 aromatic rings. The summed E-state index contributed by atoms with van der Waals surface area (Å²) in [5, 5.41) is 8.37. The fraction of sp³-hybridized carbons (Fsp3) is 0.227. The Morgan fingerprint density at radius 2 is 1.88 bits per heavy atom. The highest BCUT2D eigenvalue weighted by atomic mass is 19.4. The first kappa shape index (κ1) is 19.8. The molecule has 8 nitrogen and oxygen atoms in total. The van der Waals surface area contributed by atoms with Gasteiger partial charge in [0.15, 0.2) is 17.2 Å². The number of alkyl halides is 3. The van der Waals surface area contributed by atoms with Gasteiger partial charge in [-0.25, -0.2) is 0 Å². The Morgan fingerprint density at radius 3 is 2.76 bits per heavy atom. The van der Waals surface area contributed by atoms with Crippen LogP contribution in [0.25, 0.3) is 23.0 Å². The highest BCUT2D eigenvalue weighted by Crippen LogP contribution is 2.37. The summed E-state index contributed by atoms with van der Waals surface area (Å²) in [4.78, 5) is 4.24. The summed E-state index contributed by atoms with van der Waals surface area (Å²) in [6.07, 6.45) is -4.69. The van der Waals surface area contributed by atoms with Gasteiger partial charge in [-0.2, -0.15) is 23.3 Å². The van der Waals surface area contributed by atoms with Crippen molar-refractivity contribution in [3.8, 4) is 34.5 Å². The van der Waals surface area contributed by atoms with Gasteiger partial charge in [-0.15, -0.1) is 0 Å². The molecule has 0 fully saturated rings. The lowest BCUT2D eigenvalue weighted by Crippen LogP contribution is -2.21. The van der Waals surface area contributed by atoms with Gasteiger partial charge in [0.05, 0.1) is 24.4 Å². The van der Waals surface area contributed by atoms with E-state index < -0.39 is 11.7 Å². The average molecular weight is 456 g/mol. The molecule has 0 saturated carbocycles. The molecule has 2 aliphatic rings. The van der Waals surface area contributed by atoms with Crippen LogP contribution in [0, 0.1) is 0 Å². The predicted molar refractivity (Wildman–Crippen MR) is 106 cm³/mol. The van der Waals surface area contributed by atoms with Crippen LogP contribution in [0.2, 0.25) is 0 Å². The topological polar surface area (TPSA) is 84.4 Å². The molecule has 0 saturated heterocycles. The molecule has 2 aliphatic heterocycles. The Hall–Kier alpha value is -3.86. The Labute approximate surface area is 184 Å². The van der Waals surface area contributed by atoms with Crippen molar-refractivity contribution in [3.05, 3.63) is 65.4 Å². The maximum absolute atomic E-state index is 13.0. The first-order valence-electron chi connectivity index (χ1n) is 10.0. The molecule has 1 atom stereocenters. The largest absolute Gasteiger partial charge is 0.454 e. The SMILES string of the molecule is FC(F)(F)c1cccc(-c2noc(-c3cc4n(n3)C[C@H](c3ccc5c(c3)OCO5)OC4)n2)c1. The van der Waals surface area contributed by atoms with Crippen molar-refractivity contribution in [3.63, 3.8) is 0 Å². The maximum Gasteiger partial charge on any atom is 0.416 e. The average Bonchev–Trinajstić information content (AvgIpc) is 3.56. The second-order valence-corrected chi connectivity index (χ2v) is 7.62. The summed E-state index contributed by atoms with van der Waals surface area (Å²) in [6, 6.07) is 12.2. The molecule has 0 N–H and O–H groups in total. The number of halogens is 3. The zero-order valence-corrected chi connectivity index (χ0v) is 16.9. The van der Waals surface area contributed by atoms with E-state index in [-0.39, 0.29) is 30.2 Å². The van der Waals surface area contributed by atoms with Crippen LogP contribution in [0.4, 0.5) is 13.2 Å². The highest BCUT2D eigenvalue weighted by molar-refractivity contribution is 5.59.